The lowest BCUT2D eigenvalue weighted by molar-refractivity contribution is 0.0993. The second-order valence-corrected chi connectivity index (χ2v) is 6.79. The van der Waals surface area contributed by atoms with Crippen LogP contribution in [-0.4, -0.2) is 34.8 Å². The summed E-state index contributed by atoms with van der Waals surface area (Å²) >= 11 is 0. The minimum absolute atomic E-state index is 0.0738. The van der Waals surface area contributed by atoms with Gasteiger partial charge in [0, 0.05) is 24.4 Å². The Morgan fingerprint density at radius 1 is 1.00 bits per heavy atom. The molecule has 1 aliphatic rings. The average Bonchev–Trinajstić information content (AvgIpc) is 3.08. The molecule has 138 valence electrons. The third kappa shape index (κ3) is 2.38. The van der Waals surface area contributed by atoms with Crippen LogP contribution >= 0.6 is 0 Å². The summed E-state index contributed by atoms with van der Waals surface area (Å²) in [6.45, 7) is 0.615. The van der Waals surface area contributed by atoms with E-state index in [-0.39, 0.29) is 5.91 Å². The van der Waals surface area contributed by atoms with Crippen LogP contribution in [0.2, 0.25) is 0 Å². The molecule has 1 amide bonds. The number of nitrogens with zero attached hydrogens (tertiary/aromatic N) is 4. The smallest absolute Gasteiger partial charge is 0.259 e. The molecule has 0 aliphatic carbocycles. The minimum atomic E-state index is -0.0738. The number of carbonyl (C=O) groups excluding carboxylic acids is 1. The number of hydrogen-bond donors (Lipinski definition) is 0. The maximum absolute atomic E-state index is 12.9. The highest BCUT2D eigenvalue weighted by Crippen LogP contribution is 2.39. The topological polar surface area (TPSA) is 60.2 Å². The Labute approximate surface area is 162 Å². The van der Waals surface area contributed by atoms with Crippen molar-refractivity contribution in [2.45, 2.75) is 6.54 Å². The van der Waals surface area contributed by atoms with Crippen LogP contribution in [0.5, 0.6) is 5.75 Å². The summed E-state index contributed by atoms with van der Waals surface area (Å²) in [6, 6.07) is 17.5. The van der Waals surface area contributed by atoms with E-state index in [9.17, 15) is 4.79 Å². The van der Waals surface area contributed by atoms with Gasteiger partial charge in [-0.15, -0.1) is 0 Å². The molecule has 1 aliphatic heterocycles. The molecule has 0 saturated carbocycles. The fraction of sp³-hybridized carbons (Fsp3) is 0.136. The van der Waals surface area contributed by atoms with Crippen LogP contribution in [0.4, 0.5) is 5.82 Å². The van der Waals surface area contributed by atoms with Crippen molar-refractivity contribution in [3.8, 4) is 17.0 Å². The van der Waals surface area contributed by atoms with Gasteiger partial charge in [0.1, 0.15) is 17.3 Å². The average molecular weight is 370 g/mol. The molecule has 3 heterocycles. The number of rotatable bonds is 3. The van der Waals surface area contributed by atoms with Crippen LogP contribution < -0.4 is 9.64 Å². The second-order valence-electron chi connectivity index (χ2n) is 6.79. The largest absolute Gasteiger partial charge is 0.497 e. The highest BCUT2D eigenvalue weighted by atomic mass is 16.5. The van der Waals surface area contributed by atoms with Crippen molar-refractivity contribution >= 4 is 22.6 Å². The molecule has 6 nitrogen and oxygen atoms in total. The van der Waals surface area contributed by atoms with E-state index in [0.29, 0.717) is 17.9 Å². The first kappa shape index (κ1) is 16.5. The van der Waals surface area contributed by atoms with Gasteiger partial charge in [0.25, 0.3) is 5.91 Å². The van der Waals surface area contributed by atoms with E-state index in [0.717, 1.165) is 33.5 Å². The summed E-state index contributed by atoms with van der Waals surface area (Å²) in [5, 5.41) is 5.79. The number of fused-ring (bicyclic) bond motifs is 2. The van der Waals surface area contributed by atoms with E-state index in [1.54, 1.807) is 25.3 Å². The molecule has 0 radical (unpaired) electrons. The van der Waals surface area contributed by atoms with Gasteiger partial charge >= 0.3 is 0 Å². The van der Waals surface area contributed by atoms with Gasteiger partial charge in [0.2, 0.25) is 0 Å². The predicted octanol–water partition coefficient (Wildman–Crippen LogP) is 3.75. The zero-order chi connectivity index (χ0) is 19.3. The van der Waals surface area contributed by atoms with E-state index in [2.05, 4.69) is 4.98 Å². The lowest BCUT2D eigenvalue weighted by Gasteiger charge is -2.16. The molecule has 2 aromatic heterocycles. The number of benzene rings is 2. The van der Waals surface area contributed by atoms with E-state index in [1.165, 1.54) is 0 Å². The Morgan fingerprint density at radius 2 is 1.75 bits per heavy atom. The maximum Gasteiger partial charge on any atom is 0.259 e. The van der Waals surface area contributed by atoms with Crippen LogP contribution in [0, 0.1) is 0 Å². The normalized spacial score (nSPS) is 12.8. The molecule has 0 N–H and O–H groups in total. The molecule has 0 spiro atoms. The SMILES string of the molecule is COc1ccc(Cn2nc3c4c(nccc42)N(C)C(=O)c2ccccc2-3)cc1. The summed E-state index contributed by atoms with van der Waals surface area (Å²) < 4.78 is 7.21. The molecule has 2 aromatic carbocycles. The third-order valence-electron chi connectivity index (χ3n) is 5.17. The van der Waals surface area contributed by atoms with Gasteiger partial charge in [0.05, 0.1) is 24.6 Å². The highest BCUT2D eigenvalue weighted by Gasteiger charge is 2.29. The second kappa shape index (κ2) is 6.20. The van der Waals surface area contributed by atoms with Gasteiger partial charge in [0.15, 0.2) is 0 Å². The molecule has 0 bridgehead atoms. The number of pyridine rings is 1. The van der Waals surface area contributed by atoms with Crippen molar-refractivity contribution in [3.05, 3.63) is 71.9 Å². The van der Waals surface area contributed by atoms with E-state index < -0.39 is 0 Å². The molecule has 0 unspecified atom stereocenters. The fourth-order valence-corrected chi connectivity index (χ4v) is 3.73. The van der Waals surface area contributed by atoms with Crippen LogP contribution in [-0.2, 0) is 6.54 Å². The molecule has 5 rings (SSSR count). The van der Waals surface area contributed by atoms with Crippen LogP contribution in [0.1, 0.15) is 15.9 Å². The first-order valence-electron chi connectivity index (χ1n) is 9.03. The van der Waals surface area contributed by atoms with Gasteiger partial charge in [-0.25, -0.2) is 4.98 Å². The first-order valence-corrected chi connectivity index (χ1v) is 9.03. The minimum Gasteiger partial charge on any atom is -0.497 e. The monoisotopic (exact) mass is 370 g/mol. The van der Waals surface area contributed by atoms with Crippen LogP contribution in [0.3, 0.4) is 0 Å². The number of aromatic nitrogens is 3. The van der Waals surface area contributed by atoms with Crippen molar-refractivity contribution in [1.82, 2.24) is 14.8 Å². The Hall–Kier alpha value is -3.67. The summed E-state index contributed by atoms with van der Waals surface area (Å²) in [7, 11) is 3.42. The predicted molar refractivity (Wildman–Crippen MR) is 108 cm³/mol. The molecule has 28 heavy (non-hydrogen) atoms. The first-order chi connectivity index (χ1) is 13.7. The number of anilines is 1. The maximum atomic E-state index is 12.9. The van der Waals surface area contributed by atoms with Crippen molar-refractivity contribution in [2.75, 3.05) is 19.1 Å². The van der Waals surface area contributed by atoms with Gasteiger partial charge < -0.3 is 4.74 Å². The highest BCUT2D eigenvalue weighted by molar-refractivity contribution is 6.18. The molecule has 4 aromatic rings. The zero-order valence-corrected chi connectivity index (χ0v) is 15.6. The number of ether oxygens (including phenoxy) is 1. The summed E-state index contributed by atoms with van der Waals surface area (Å²) in [5.74, 6) is 1.38. The quantitative estimate of drug-likeness (QED) is 0.551. The van der Waals surface area contributed by atoms with Crippen molar-refractivity contribution in [2.24, 2.45) is 0 Å². The lowest BCUT2D eigenvalue weighted by Crippen LogP contribution is -2.26. The molecule has 6 heteroatoms. The Balaban J connectivity index is 1.72. The summed E-state index contributed by atoms with van der Waals surface area (Å²) in [4.78, 5) is 19.0. The summed E-state index contributed by atoms with van der Waals surface area (Å²) in [6.07, 6.45) is 1.73. The fourth-order valence-electron chi connectivity index (χ4n) is 3.73. The van der Waals surface area contributed by atoms with E-state index in [1.807, 2.05) is 59.3 Å². The number of methoxy groups -OCH3 is 1. The standard InChI is InChI=1S/C22H18N4O2/c1-25-21-19-18(11-12-23-21)26(13-14-7-9-15(28-2)10-8-14)24-20(19)16-5-3-4-6-17(16)22(25)27/h3-12H,13H2,1-2H3. The molecule has 0 saturated heterocycles. The number of carbonyl (C=O) groups is 1. The van der Waals surface area contributed by atoms with Crippen molar-refractivity contribution in [1.29, 1.82) is 0 Å². The Bertz CT molecular complexity index is 1210. The third-order valence-corrected chi connectivity index (χ3v) is 5.17. The molecular formula is C22H18N4O2. The van der Waals surface area contributed by atoms with E-state index in [4.69, 9.17) is 9.84 Å². The van der Waals surface area contributed by atoms with Crippen molar-refractivity contribution < 1.29 is 9.53 Å². The molecule has 0 atom stereocenters. The lowest BCUT2D eigenvalue weighted by atomic mass is 10.0. The molecule has 0 fully saturated rings. The van der Waals surface area contributed by atoms with Gasteiger partial charge in [-0.2, -0.15) is 5.10 Å². The molecular weight excluding hydrogens is 352 g/mol. The van der Waals surface area contributed by atoms with Crippen LogP contribution in [0.15, 0.2) is 60.8 Å². The number of hydrogen-bond acceptors (Lipinski definition) is 4. The zero-order valence-electron chi connectivity index (χ0n) is 15.6. The van der Waals surface area contributed by atoms with E-state index >= 15 is 0 Å². The number of amides is 1. The van der Waals surface area contributed by atoms with Gasteiger partial charge in [-0.05, 0) is 29.8 Å². The van der Waals surface area contributed by atoms with Gasteiger partial charge in [-0.3, -0.25) is 14.4 Å². The summed E-state index contributed by atoms with van der Waals surface area (Å²) in [5.41, 5.74) is 4.33. The Morgan fingerprint density at radius 3 is 2.50 bits per heavy atom. The van der Waals surface area contributed by atoms with Crippen molar-refractivity contribution in [3.63, 3.8) is 0 Å². The van der Waals surface area contributed by atoms with Crippen LogP contribution in [0.25, 0.3) is 22.2 Å². The Kier molecular flexibility index (Phi) is 3.65. The van der Waals surface area contributed by atoms with Gasteiger partial charge in [-0.1, -0.05) is 30.3 Å².